The number of hydrogen-bond donors (Lipinski definition) is 1. The molecule has 5 heteroatoms. The van der Waals surface area contributed by atoms with Gasteiger partial charge in [-0.25, -0.2) is 9.69 Å². The second-order valence-electron chi connectivity index (χ2n) is 5.58. The molecule has 0 aliphatic carbocycles. The number of amides is 2. The van der Waals surface area contributed by atoms with E-state index in [0.717, 1.165) is 4.90 Å². The molecule has 1 rings (SSSR count). The van der Waals surface area contributed by atoms with Gasteiger partial charge in [-0.1, -0.05) is 6.08 Å². The number of carbonyl (C=O) groups is 2. The van der Waals surface area contributed by atoms with Crippen molar-refractivity contribution in [2.45, 2.75) is 51.9 Å². The van der Waals surface area contributed by atoms with E-state index in [1.807, 2.05) is 0 Å². The van der Waals surface area contributed by atoms with Gasteiger partial charge in [-0.05, 0) is 27.7 Å². The van der Waals surface area contributed by atoms with Gasteiger partial charge in [0.2, 0.25) is 5.91 Å². The normalized spacial score (nSPS) is 29.1. The highest BCUT2D eigenvalue weighted by Crippen LogP contribution is 2.26. The van der Waals surface area contributed by atoms with Crippen molar-refractivity contribution < 1.29 is 19.4 Å². The summed E-state index contributed by atoms with van der Waals surface area (Å²) in [7, 11) is 0. The first-order chi connectivity index (χ1) is 8.17. The van der Waals surface area contributed by atoms with Gasteiger partial charge in [0.15, 0.2) is 0 Å². The van der Waals surface area contributed by atoms with Crippen LogP contribution in [0, 0.1) is 5.92 Å². The highest BCUT2D eigenvalue weighted by Gasteiger charge is 2.42. The van der Waals surface area contributed by atoms with Gasteiger partial charge in [-0.15, -0.1) is 6.58 Å². The van der Waals surface area contributed by atoms with Crippen molar-refractivity contribution >= 4 is 12.0 Å². The Morgan fingerprint density at radius 2 is 2.11 bits per heavy atom. The minimum atomic E-state index is -0.798. The molecule has 1 heterocycles. The monoisotopic (exact) mass is 255 g/mol. The van der Waals surface area contributed by atoms with Crippen LogP contribution in [-0.2, 0) is 9.53 Å². The van der Waals surface area contributed by atoms with Gasteiger partial charge in [0.1, 0.15) is 5.60 Å². The van der Waals surface area contributed by atoms with E-state index in [-0.39, 0.29) is 18.2 Å². The summed E-state index contributed by atoms with van der Waals surface area (Å²) >= 11 is 0. The van der Waals surface area contributed by atoms with Gasteiger partial charge in [-0.2, -0.15) is 0 Å². The molecule has 0 bridgehead atoms. The summed E-state index contributed by atoms with van der Waals surface area (Å²) in [6.45, 7) is 10.4. The highest BCUT2D eigenvalue weighted by atomic mass is 16.6. The van der Waals surface area contributed by atoms with Crippen molar-refractivity contribution in [1.82, 2.24) is 4.90 Å². The highest BCUT2D eigenvalue weighted by molar-refractivity contribution is 5.93. The van der Waals surface area contributed by atoms with Gasteiger partial charge in [0.05, 0.1) is 12.1 Å². The predicted octanol–water partition coefficient (Wildman–Crippen LogP) is 1.71. The Bertz CT molecular complexity index is 358. The summed E-state index contributed by atoms with van der Waals surface area (Å²) < 4.78 is 5.16. The molecule has 1 N–H and O–H groups in total. The molecule has 0 aromatic rings. The van der Waals surface area contributed by atoms with Gasteiger partial charge in [0, 0.05) is 12.3 Å². The van der Waals surface area contributed by atoms with Crippen molar-refractivity contribution in [2.75, 3.05) is 0 Å². The summed E-state index contributed by atoms with van der Waals surface area (Å²) in [5.74, 6) is -0.655. The van der Waals surface area contributed by atoms with E-state index in [1.165, 1.54) is 0 Å². The molecular weight excluding hydrogens is 234 g/mol. The molecule has 0 spiro atoms. The number of imide groups is 1. The molecule has 3 atom stereocenters. The maximum atomic E-state index is 11.9. The van der Waals surface area contributed by atoms with Gasteiger partial charge in [-0.3, -0.25) is 4.79 Å². The molecule has 0 saturated carbocycles. The molecule has 1 aliphatic rings. The van der Waals surface area contributed by atoms with Crippen LogP contribution in [-0.4, -0.2) is 39.8 Å². The summed E-state index contributed by atoms with van der Waals surface area (Å²) in [6, 6.07) is -0.607. The first kappa shape index (κ1) is 14.7. The molecule has 5 nitrogen and oxygen atoms in total. The lowest BCUT2D eigenvalue weighted by atomic mass is 9.88. The van der Waals surface area contributed by atoms with Crippen LogP contribution in [0.1, 0.15) is 34.1 Å². The minimum absolute atomic E-state index is 0.0776. The number of carbonyl (C=O) groups excluding carboxylic acids is 2. The van der Waals surface area contributed by atoms with Crippen LogP contribution in [0.2, 0.25) is 0 Å². The Morgan fingerprint density at radius 1 is 1.56 bits per heavy atom. The van der Waals surface area contributed by atoms with Crippen molar-refractivity contribution in [2.24, 2.45) is 5.92 Å². The maximum absolute atomic E-state index is 11.9. The molecule has 1 saturated heterocycles. The Labute approximate surface area is 107 Å². The van der Waals surface area contributed by atoms with Crippen LogP contribution in [0.4, 0.5) is 4.79 Å². The summed E-state index contributed by atoms with van der Waals surface area (Å²) in [5, 5.41) is 10.00. The molecule has 2 amide bonds. The zero-order valence-electron chi connectivity index (χ0n) is 11.3. The topological polar surface area (TPSA) is 66.8 Å². The maximum Gasteiger partial charge on any atom is 0.417 e. The Hall–Kier alpha value is -1.36. The zero-order valence-corrected chi connectivity index (χ0v) is 11.3. The first-order valence-electron chi connectivity index (χ1n) is 6.03. The third kappa shape index (κ3) is 3.10. The standard InChI is InChI=1S/C13H21NO4/c1-6-9-7-10(15)14(8(2)11(9)16)12(17)18-13(3,4)5/h6,8-9,11,16H,1,7H2,2-5H3/t8-,9+,11-/m0/s1. The van der Waals surface area contributed by atoms with Crippen LogP contribution in [0.3, 0.4) is 0 Å². The van der Waals surface area contributed by atoms with Crippen molar-refractivity contribution in [3.8, 4) is 0 Å². The van der Waals surface area contributed by atoms with E-state index < -0.39 is 23.8 Å². The summed E-state index contributed by atoms with van der Waals surface area (Å²) in [5.41, 5.74) is -0.669. The Morgan fingerprint density at radius 3 is 2.56 bits per heavy atom. The van der Waals surface area contributed by atoms with Crippen LogP contribution in [0.15, 0.2) is 12.7 Å². The number of hydrogen-bond acceptors (Lipinski definition) is 4. The minimum Gasteiger partial charge on any atom is -0.443 e. The Kier molecular flexibility index (Phi) is 4.16. The van der Waals surface area contributed by atoms with Crippen LogP contribution in [0.5, 0.6) is 0 Å². The molecule has 0 unspecified atom stereocenters. The zero-order chi connectivity index (χ0) is 14.1. The molecule has 18 heavy (non-hydrogen) atoms. The summed E-state index contributed by atoms with van der Waals surface area (Å²) in [4.78, 5) is 24.8. The number of nitrogens with zero attached hydrogens (tertiary/aromatic N) is 1. The number of likely N-dealkylation sites (tertiary alicyclic amines) is 1. The lowest BCUT2D eigenvalue weighted by Crippen LogP contribution is -2.56. The molecular formula is C13H21NO4. The predicted molar refractivity (Wildman–Crippen MR) is 66.9 cm³/mol. The quantitative estimate of drug-likeness (QED) is 0.724. The third-order valence-electron chi connectivity index (χ3n) is 2.91. The fourth-order valence-corrected chi connectivity index (χ4v) is 1.96. The molecule has 1 fully saturated rings. The number of piperidine rings is 1. The SMILES string of the molecule is C=C[C@@H]1CC(=O)N(C(=O)OC(C)(C)C)[C@@H](C)[C@@H]1O. The Balaban J connectivity index is 2.86. The van der Waals surface area contributed by atoms with Crippen LogP contribution in [0.25, 0.3) is 0 Å². The smallest absolute Gasteiger partial charge is 0.417 e. The molecule has 0 aromatic heterocycles. The fraction of sp³-hybridized carbons (Fsp3) is 0.692. The van der Waals surface area contributed by atoms with Crippen LogP contribution >= 0.6 is 0 Å². The number of aliphatic hydroxyl groups is 1. The van der Waals surface area contributed by atoms with E-state index in [0.29, 0.717) is 0 Å². The average molecular weight is 255 g/mol. The van der Waals surface area contributed by atoms with Crippen molar-refractivity contribution in [3.05, 3.63) is 12.7 Å². The molecule has 0 radical (unpaired) electrons. The summed E-state index contributed by atoms with van der Waals surface area (Å²) in [6.07, 6.45) is 0.119. The second-order valence-corrected chi connectivity index (χ2v) is 5.58. The largest absolute Gasteiger partial charge is 0.443 e. The van der Waals surface area contributed by atoms with Gasteiger partial charge in [0.25, 0.3) is 0 Å². The van der Waals surface area contributed by atoms with E-state index in [2.05, 4.69) is 6.58 Å². The fourth-order valence-electron chi connectivity index (χ4n) is 1.96. The van der Waals surface area contributed by atoms with Crippen molar-refractivity contribution in [3.63, 3.8) is 0 Å². The molecule has 1 aliphatic heterocycles. The molecule has 0 aromatic carbocycles. The van der Waals surface area contributed by atoms with E-state index in [1.54, 1.807) is 33.8 Å². The van der Waals surface area contributed by atoms with E-state index in [4.69, 9.17) is 4.74 Å². The van der Waals surface area contributed by atoms with Crippen LogP contribution < -0.4 is 0 Å². The lowest BCUT2D eigenvalue weighted by molar-refractivity contribution is -0.142. The lowest BCUT2D eigenvalue weighted by Gasteiger charge is -2.39. The number of aliphatic hydroxyl groups excluding tert-OH is 1. The third-order valence-corrected chi connectivity index (χ3v) is 2.91. The first-order valence-corrected chi connectivity index (χ1v) is 6.03. The van der Waals surface area contributed by atoms with E-state index >= 15 is 0 Å². The average Bonchev–Trinajstić information content (AvgIpc) is 2.20. The van der Waals surface area contributed by atoms with E-state index in [9.17, 15) is 14.7 Å². The number of rotatable bonds is 1. The molecule has 102 valence electrons. The van der Waals surface area contributed by atoms with Gasteiger partial charge < -0.3 is 9.84 Å². The number of ether oxygens (including phenoxy) is 1. The second kappa shape index (κ2) is 5.10. The van der Waals surface area contributed by atoms with Gasteiger partial charge >= 0.3 is 6.09 Å². The van der Waals surface area contributed by atoms with Crippen molar-refractivity contribution in [1.29, 1.82) is 0 Å².